The highest BCUT2D eigenvalue weighted by Gasteiger charge is 2.34. The maximum atomic E-state index is 14.1. The van der Waals surface area contributed by atoms with E-state index in [9.17, 15) is 18.0 Å². The van der Waals surface area contributed by atoms with E-state index in [-0.39, 0.29) is 29.6 Å². The van der Waals surface area contributed by atoms with E-state index in [0.29, 0.717) is 5.75 Å². The zero-order chi connectivity index (χ0) is 30.4. The Bertz CT molecular complexity index is 1460. The van der Waals surface area contributed by atoms with Crippen LogP contribution in [0.25, 0.3) is 0 Å². The number of hydrogen-bond donors (Lipinski definition) is 1. The van der Waals surface area contributed by atoms with E-state index in [2.05, 4.69) is 21.2 Å². The van der Waals surface area contributed by atoms with E-state index in [0.717, 1.165) is 26.2 Å². The molecule has 0 radical (unpaired) electrons. The molecule has 220 valence electrons. The van der Waals surface area contributed by atoms with E-state index in [1.165, 1.54) is 30.2 Å². The molecule has 2 amide bonds. The fourth-order valence-electron chi connectivity index (χ4n) is 4.22. The Balaban J connectivity index is 2.08. The Morgan fingerprint density at radius 2 is 1.63 bits per heavy atom. The van der Waals surface area contributed by atoms with Gasteiger partial charge in [0.25, 0.3) is 0 Å². The van der Waals surface area contributed by atoms with Gasteiger partial charge in [0.15, 0.2) is 0 Å². The summed E-state index contributed by atoms with van der Waals surface area (Å²) in [4.78, 5) is 29.3. The summed E-state index contributed by atoms with van der Waals surface area (Å²) in [6.07, 6.45) is 1.25. The van der Waals surface area contributed by atoms with Crippen LogP contribution in [0.5, 0.6) is 5.75 Å². The minimum atomic E-state index is -3.92. The van der Waals surface area contributed by atoms with Crippen molar-refractivity contribution in [2.45, 2.75) is 45.3 Å². The molecule has 8 nitrogen and oxygen atoms in total. The molecular weight excluding hydrogens is 630 g/mol. The van der Waals surface area contributed by atoms with E-state index >= 15 is 0 Å². The van der Waals surface area contributed by atoms with Crippen molar-refractivity contribution in [2.24, 2.45) is 0 Å². The van der Waals surface area contributed by atoms with E-state index in [4.69, 9.17) is 16.3 Å². The van der Waals surface area contributed by atoms with Crippen LogP contribution in [-0.4, -0.2) is 56.6 Å². The molecule has 11 heteroatoms. The minimum absolute atomic E-state index is 0.0855. The van der Waals surface area contributed by atoms with Crippen molar-refractivity contribution in [1.29, 1.82) is 0 Å². The summed E-state index contributed by atoms with van der Waals surface area (Å²) >= 11 is 9.72. The van der Waals surface area contributed by atoms with Crippen LogP contribution in [-0.2, 0) is 32.6 Å². The third-order valence-electron chi connectivity index (χ3n) is 6.14. The maximum absolute atomic E-state index is 14.1. The molecule has 0 saturated carbocycles. The Morgan fingerprint density at radius 1 is 1.00 bits per heavy atom. The topological polar surface area (TPSA) is 96.0 Å². The number of amides is 2. The summed E-state index contributed by atoms with van der Waals surface area (Å²) in [7, 11) is -2.46. The van der Waals surface area contributed by atoms with E-state index in [1.807, 2.05) is 75.4 Å². The molecule has 0 heterocycles. The number of rotatable bonds is 11. The predicted molar refractivity (Wildman–Crippen MR) is 167 cm³/mol. The smallest absolute Gasteiger partial charge is 0.244 e. The summed E-state index contributed by atoms with van der Waals surface area (Å²) in [6, 6.07) is 20.4. The summed E-state index contributed by atoms with van der Waals surface area (Å²) in [5, 5.41) is 3.20. The van der Waals surface area contributed by atoms with Gasteiger partial charge < -0.3 is 15.0 Å². The maximum Gasteiger partial charge on any atom is 0.244 e. The van der Waals surface area contributed by atoms with Gasteiger partial charge in [-0.1, -0.05) is 70.0 Å². The van der Waals surface area contributed by atoms with Gasteiger partial charge in [0.05, 0.1) is 24.1 Å². The number of carbonyl (C=O) groups excluding carboxylic acids is 2. The number of halogens is 2. The molecule has 0 fully saturated rings. The molecule has 3 rings (SSSR count). The van der Waals surface area contributed by atoms with Crippen LogP contribution in [0.4, 0.5) is 5.69 Å². The summed E-state index contributed by atoms with van der Waals surface area (Å²) in [5.41, 5.74) is 1.28. The molecule has 0 spiro atoms. The lowest BCUT2D eigenvalue weighted by Gasteiger charge is -2.35. The van der Waals surface area contributed by atoms with Crippen molar-refractivity contribution >= 4 is 55.1 Å². The SMILES string of the molecule is COc1ccc(N(CC(=O)N(Cc2ccc(Br)cc2)[C@H](Cc2ccccc2)C(=O)NC(C)(C)C)S(C)(=O)=O)cc1Cl. The fraction of sp³-hybridized carbons (Fsp3) is 0.333. The van der Waals surface area contributed by atoms with Gasteiger partial charge in [-0.25, -0.2) is 8.42 Å². The molecular formula is C30H35BrClN3O5S. The van der Waals surface area contributed by atoms with Gasteiger partial charge in [-0.3, -0.25) is 13.9 Å². The van der Waals surface area contributed by atoms with Crippen molar-refractivity contribution in [3.63, 3.8) is 0 Å². The van der Waals surface area contributed by atoms with Crippen molar-refractivity contribution in [2.75, 3.05) is 24.2 Å². The van der Waals surface area contributed by atoms with Gasteiger partial charge in [0, 0.05) is 23.0 Å². The molecule has 0 aliphatic carbocycles. The van der Waals surface area contributed by atoms with Crippen molar-refractivity contribution < 1.29 is 22.7 Å². The molecule has 1 N–H and O–H groups in total. The minimum Gasteiger partial charge on any atom is -0.495 e. The Hall–Kier alpha value is -3.08. The largest absolute Gasteiger partial charge is 0.495 e. The third kappa shape index (κ3) is 9.48. The molecule has 0 bridgehead atoms. The molecule has 0 aromatic heterocycles. The predicted octanol–water partition coefficient (Wildman–Crippen LogP) is 5.43. The van der Waals surface area contributed by atoms with Crippen LogP contribution in [0.1, 0.15) is 31.9 Å². The molecule has 0 saturated heterocycles. The molecule has 41 heavy (non-hydrogen) atoms. The third-order valence-corrected chi connectivity index (χ3v) is 8.10. The first kappa shape index (κ1) is 32.4. The number of ether oxygens (including phenoxy) is 1. The van der Waals surface area contributed by atoms with Gasteiger partial charge >= 0.3 is 0 Å². The van der Waals surface area contributed by atoms with E-state index in [1.54, 1.807) is 0 Å². The molecule has 0 aliphatic heterocycles. The average molecular weight is 665 g/mol. The highest BCUT2D eigenvalue weighted by molar-refractivity contribution is 9.10. The second-order valence-corrected chi connectivity index (χ2v) is 13.9. The molecule has 0 aliphatic rings. The van der Waals surface area contributed by atoms with Gasteiger partial charge in [0.2, 0.25) is 21.8 Å². The lowest BCUT2D eigenvalue weighted by molar-refractivity contribution is -0.140. The Kier molecular flexibility index (Phi) is 10.9. The normalized spacial score (nSPS) is 12.4. The molecule has 1 atom stereocenters. The van der Waals surface area contributed by atoms with Crippen molar-refractivity contribution in [1.82, 2.24) is 10.2 Å². The number of sulfonamides is 1. The Labute approximate surface area is 255 Å². The van der Waals surface area contributed by atoms with Crippen LogP contribution in [0.2, 0.25) is 5.02 Å². The molecule has 3 aromatic carbocycles. The highest BCUT2D eigenvalue weighted by Crippen LogP contribution is 2.30. The average Bonchev–Trinajstić information content (AvgIpc) is 2.89. The lowest BCUT2D eigenvalue weighted by atomic mass is 10.0. The van der Waals surface area contributed by atoms with Gasteiger partial charge in [-0.15, -0.1) is 0 Å². The number of nitrogens with zero attached hydrogens (tertiary/aromatic N) is 2. The van der Waals surface area contributed by atoms with Crippen LogP contribution in [0.15, 0.2) is 77.3 Å². The molecule has 0 unspecified atom stereocenters. The number of nitrogens with one attached hydrogen (secondary N) is 1. The van der Waals surface area contributed by atoms with Crippen molar-refractivity contribution in [3.8, 4) is 5.75 Å². The first-order valence-electron chi connectivity index (χ1n) is 12.9. The lowest BCUT2D eigenvalue weighted by Crippen LogP contribution is -2.56. The Morgan fingerprint density at radius 3 is 2.17 bits per heavy atom. The number of carbonyl (C=O) groups is 2. The van der Waals surface area contributed by atoms with Crippen LogP contribution in [0.3, 0.4) is 0 Å². The number of benzene rings is 3. The van der Waals surface area contributed by atoms with Crippen LogP contribution in [0, 0.1) is 0 Å². The second-order valence-electron chi connectivity index (χ2n) is 10.7. The van der Waals surface area contributed by atoms with E-state index < -0.39 is 34.1 Å². The zero-order valence-corrected chi connectivity index (χ0v) is 26.9. The first-order valence-corrected chi connectivity index (χ1v) is 15.9. The van der Waals surface area contributed by atoms with Gasteiger partial charge in [-0.05, 0) is 62.2 Å². The number of methoxy groups -OCH3 is 1. The highest BCUT2D eigenvalue weighted by atomic mass is 79.9. The number of hydrogen-bond acceptors (Lipinski definition) is 5. The standard InChI is InChI=1S/C30H35BrClN3O5S/c1-30(2,3)33-29(37)26(17-21-9-7-6-8-10-21)34(19-22-11-13-23(31)14-12-22)28(36)20-35(41(5,38)39)24-15-16-27(40-4)25(32)18-24/h6-16,18,26H,17,19-20H2,1-5H3,(H,33,37)/t26-/m1/s1. The summed E-state index contributed by atoms with van der Waals surface area (Å²) in [6.45, 7) is 5.15. The monoisotopic (exact) mass is 663 g/mol. The summed E-state index contributed by atoms with van der Waals surface area (Å²) in [5.74, 6) is -0.519. The van der Waals surface area contributed by atoms with Gasteiger partial charge in [0.1, 0.15) is 18.3 Å². The van der Waals surface area contributed by atoms with Crippen LogP contribution < -0.4 is 14.4 Å². The first-order chi connectivity index (χ1) is 19.2. The summed E-state index contributed by atoms with van der Waals surface area (Å²) < 4.78 is 32.9. The second kappa shape index (κ2) is 13.7. The quantitative estimate of drug-likeness (QED) is 0.295. The molecule has 3 aromatic rings. The van der Waals surface area contributed by atoms with Crippen LogP contribution >= 0.6 is 27.5 Å². The number of anilines is 1. The zero-order valence-electron chi connectivity index (χ0n) is 23.7. The van der Waals surface area contributed by atoms with Gasteiger partial charge in [-0.2, -0.15) is 0 Å². The fourth-order valence-corrected chi connectivity index (χ4v) is 5.58. The van der Waals surface area contributed by atoms with Crippen molar-refractivity contribution in [3.05, 3.63) is 93.4 Å².